The minimum Gasteiger partial charge on any atom is -0.493 e. The molecule has 5 nitrogen and oxygen atoms in total. The van der Waals surface area contributed by atoms with E-state index in [9.17, 15) is 9.59 Å². The summed E-state index contributed by atoms with van der Waals surface area (Å²) in [4.78, 5) is 24.3. The third-order valence-corrected chi connectivity index (χ3v) is 4.37. The number of methoxy groups -OCH3 is 1. The summed E-state index contributed by atoms with van der Waals surface area (Å²) in [6, 6.07) is 10.6. The average molecular weight is 402 g/mol. The lowest BCUT2D eigenvalue weighted by Gasteiger charge is -2.18. The third-order valence-electron chi connectivity index (χ3n) is 3.79. The number of nitrogens with one attached hydrogen (secondary N) is 1. The molecule has 2 aromatic rings. The van der Waals surface area contributed by atoms with Gasteiger partial charge in [-0.05, 0) is 58.3 Å². The second-order valence-electron chi connectivity index (χ2n) is 5.35. The van der Waals surface area contributed by atoms with Crippen molar-refractivity contribution in [2.45, 2.75) is 6.92 Å². The van der Waals surface area contributed by atoms with Gasteiger partial charge < -0.3 is 9.47 Å². The Bertz CT molecular complexity index is 889. The second-order valence-corrected chi connectivity index (χ2v) is 6.21. The fourth-order valence-corrected chi connectivity index (χ4v) is 3.27. The number of rotatable bonds is 4. The molecule has 0 unspecified atom stereocenters. The number of amides is 2. The van der Waals surface area contributed by atoms with Crippen LogP contribution in [0.3, 0.4) is 0 Å². The van der Waals surface area contributed by atoms with Crippen LogP contribution in [0.1, 0.15) is 28.4 Å². The quantitative estimate of drug-likeness (QED) is 0.626. The largest absolute Gasteiger partial charge is 0.493 e. The maximum absolute atomic E-state index is 12.3. The molecule has 0 atom stereocenters. The highest BCUT2D eigenvalue weighted by Crippen LogP contribution is 2.38. The summed E-state index contributed by atoms with van der Waals surface area (Å²) in [6.45, 7) is 2.40. The molecule has 6 heteroatoms. The first-order chi connectivity index (χ1) is 12.0. The summed E-state index contributed by atoms with van der Waals surface area (Å²) in [7, 11) is 1.56. The number of carbonyl (C=O) groups is 2. The van der Waals surface area contributed by atoms with Gasteiger partial charge in [-0.1, -0.05) is 18.2 Å². The van der Waals surface area contributed by atoms with E-state index in [-0.39, 0.29) is 5.91 Å². The molecule has 0 saturated heterocycles. The minimum atomic E-state index is -0.423. The topological polar surface area (TPSA) is 64.6 Å². The lowest BCUT2D eigenvalue weighted by atomic mass is 9.93. The Morgan fingerprint density at radius 2 is 1.84 bits per heavy atom. The van der Waals surface area contributed by atoms with Gasteiger partial charge in [0.25, 0.3) is 11.8 Å². The second kappa shape index (κ2) is 7.11. The van der Waals surface area contributed by atoms with Gasteiger partial charge in [-0.2, -0.15) is 0 Å². The van der Waals surface area contributed by atoms with Crippen LogP contribution in [0.5, 0.6) is 11.5 Å². The van der Waals surface area contributed by atoms with E-state index in [4.69, 9.17) is 9.47 Å². The van der Waals surface area contributed by atoms with Crippen LogP contribution in [0.25, 0.3) is 11.6 Å². The van der Waals surface area contributed by atoms with Crippen LogP contribution in [0.2, 0.25) is 0 Å². The van der Waals surface area contributed by atoms with E-state index in [0.29, 0.717) is 34.8 Å². The lowest BCUT2D eigenvalue weighted by molar-refractivity contribution is -0.114. The van der Waals surface area contributed by atoms with E-state index in [1.165, 1.54) is 0 Å². The van der Waals surface area contributed by atoms with Crippen LogP contribution >= 0.6 is 15.9 Å². The Kier molecular flexibility index (Phi) is 4.90. The van der Waals surface area contributed by atoms with Gasteiger partial charge >= 0.3 is 0 Å². The van der Waals surface area contributed by atoms with E-state index in [1.54, 1.807) is 43.5 Å². The van der Waals surface area contributed by atoms with Crippen LogP contribution < -0.4 is 14.8 Å². The molecule has 25 heavy (non-hydrogen) atoms. The summed E-state index contributed by atoms with van der Waals surface area (Å²) < 4.78 is 11.7. The van der Waals surface area contributed by atoms with Gasteiger partial charge in [-0.15, -0.1) is 0 Å². The maximum Gasteiger partial charge on any atom is 0.258 e. The zero-order chi connectivity index (χ0) is 18.0. The molecule has 0 aromatic heterocycles. The highest BCUT2D eigenvalue weighted by Gasteiger charge is 2.26. The smallest absolute Gasteiger partial charge is 0.258 e. The molecule has 1 heterocycles. The standard InChI is InChI=1S/C19H16BrNO4/c1-3-25-17-15(20)9-11(10-16(17)24-2)8-14-12-6-4-5-7-13(12)18(22)21-19(14)23/h4-10H,3H2,1-2H3,(H,21,22,23)/b14-8+. The van der Waals surface area contributed by atoms with Crippen LogP contribution in [-0.4, -0.2) is 25.5 Å². The van der Waals surface area contributed by atoms with Gasteiger partial charge in [0.1, 0.15) is 0 Å². The van der Waals surface area contributed by atoms with Gasteiger partial charge in [-0.3, -0.25) is 14.9 Å². The summed E-state index contributed by atoms with van der Waals surface area (Å²) in [6.07, 6.45) is 1.73. The number of ether oxygens (including phenoxy) is 2. The Morgan fingerprint density at radius 3 is 2.52 bits per heavy atom. The van der Waals surface area contributed by atoms with Crippen LogP contribution in [-0.2, 0) is 4.79 Å². The first-order valence-corrected chi connectivity index (χ1v) is 8.51. The third kappa shape index (κ3) is 3.30. The molecule has 1 N–H and O–H groups in total. The van der Waals surface area contributed by atoms with Crippen LogP contribution in [0.15, 0.2) is 40.9 Å². The van der Waals surface area contributed by atoms with Crippen molar-refractivity contribution in [2.24, 2.45) is 0 Å². The number of halogens is 1. The first kappa shape index (κ1) is 17.2. The van der Waals surface area contributed by atoms with Gasteiger partial charge in [0, 0.05) is 11.1 Å². The molecule has 0 spiro atoms. The average Bonchev–Trinajstić information content (AvgIpc) is 2.60. The molecule has 0 saturated carbocycles. The molecular formula is C19H16BrNO4. The zero-order valence-corrected chi connectivity index (χ0v) is 15.3. The molecule has 0 bridgehead atoms. The van der Waals surface area contributed by atoms with Crippen LogP contribution in [0.4, 0.5) is 0 Å². The van der Waals surface area contributed by atoms with Gasteiger partial charge in [-0.25, -0.2) is 0 Å². The highest BCUT2D eigenvalue weighted by molar-refractivity contribution is 9.10. The van der Waals surface area contributed by atoms with Crippen molar-refractivity contribution in [3.8, 4) is 11.5 Å². The molecule has 1 aliphatic rings. The highest BCUT2D eigenvalue weighted by atomic mass is 79.9. The fourth-order valence-electron chi connectivity index (χ4n) is 2.69. The predicted molar refractivity (Wildman–Crippen MR) is 98.6 cm³/mol. The Morgan fingerprint density at radius 1 is 1.12 bits per heavy atom. The molecule has 0 radical (unpaired) electrons. The molecule has 0 aliphatic carbocycles. The summed E-state index contributed by atoms with van der Waals surface area (Å²) in [5.41, 5.74) is 2.26. The van der Waals surface area contributed by atoms with Crippen molar-refractivity contribution in [3.63, 3.8) is 0 Å². The van der Waals surface area contributed by atoms with Crippen molar-refractivity contribution in [1.82, 2.24) is 5.32 Å². The number of fused-ring (bicyclic) bond motifs is 1. The van der Waals surface area contributed by atoms with Crippen LogP contribution in [0, 0.1) is 0 Å². The molecule has 128 valence electrons. The van der Waals surface area contributed by atoms with Gasteiger partial charge in [0.2, 0.25) is 0 Å². The lowest BCUT2D eigenvalue weighted by Crippen LogP contribution is -2.36. The summed E-state index contributed by atoms with van der Waals surface area (Å²) >= 11 is 3.47. The number of imide groups is 1. The van der Waals surface area contributed by atoms with Gasteiger partial charge in [0.05, 0.1) is 18.2 Å². The number of hydrogen-bond acceptors (Lipinski definition) is 4. The Labute approximate surface area is 153 Å². The van der Waals surface area contributed by atoms with Crippen molar-refractivity contribution < 1.29 is 19.1 Å². The van der Waals surface area contributed by atoms with E-state index in [0.717, 1.165) is 10.0 Å². The van der Waals surface area contributed by atoms with Crippen molar-refractivity contribution in [3.05, 3.63) is 57.6 Å². The number of benzene rings is 2. The van der Waals surface area contributed by atoms with Gasteiger partial charge in [0.15, 0.2) is 11.5 Å². The zero-order valence-electron chi connectivity index (χ0n) is 13.8. The predicted octanol–water partition coefficient (Wildman–Crippen LogP) is 3.67. The summed E-state index contributed by atoms with van der Waals surface area (Å²) in [5.74, 6) is 0.357. The maximum atomic E-state index is 12.3. The monoisotopic (exact) mass is 401 g/mol. The molecule has 2 aromatic carbocycles. The normalized spacial score (nSPS) is 14.9. The van der Waals surface area contributed by atoms with E-state index in [1.807, 2.05) is 13.0 Å². The SMILES string of the molecule is CCOc1c(Br)cc(/C=C2/C(=O)NC(=O)c3ccccc32)cc1OC. The Hall–Kier alpha value is -2.60. The Balaban J connectivity index is 2.12. The molecule has 2 amide bonds. The van der Waals surface area contributed by atoms with E-state index >= 15 is 0 Å². The van der Waals surface area contributed by atoms with Crippen molar-refractivity contribution in [2.75, 3.05) is 13.7 Å². The first-order valence-electron chi connectivity index (χ1n) is 7.72. The van der Waals surface area contributed by atoms with Crippen molar-refractivity contribution >= 4 is 39.4 Å². The van der Waals surface area contributed by atoms with Crippen molar-refractivity contribution in [1.29, 1.82) is 0 Å². The number of carbonyl (C=O) groups excluding carboxylic acids is 2. The minimum absolute atomic E-state index is 0.386. The number of hydrogen-bond donors (Lipinski definition) is 1. The van der Waals surface area contributed by atoms with E-state index < -0.39 is 5.91 Å². The molecule has 3 rings (SSSR count). The molecule has 0 fully saturated rings. The van der Waals surface area contributed by atoms with E-state index in [2.05, 4.69) is 21.2 Å². The fraction of sp³-hybridized carbons (Fsp3) is 0.158. The molecule has 1 aliphatic heterocycles. The summed E-state index contributed by atoms with van der Waals surface area (Å²) in [5, 5.41) is 2.37. The molecular weight excluding hydrogens is 386 g/mol.